The molecule has 1 aromatic rings. The number of nitrogens with zero attached hydrogens (tertiary/aromatic N) is 1. The van der Waals surface area contributed by atoms with Crippen molar-refractivity contribution >= 4 is 17.5 Å². The lowest BCUT2D eigenvalue weighted by atomic mass is 10.0. The van der Waals surface area contributed by atoms with Crippen LogP contribution < -0.4 is 5.32 Å². The Balaban J connectivity index is 2.81. The standard InChI is InChI=1S/C13H14ClFN2O/c1-3-13(2,8-16)17-12(18)7-9-10(14)5-4-6-11(9)15/h4-6H,3,7H2,1-2H3,(H,17,18)/t13-/m0/s1. The molecule has 0 aromatic heterocycles. The lowest BCUT2D eigenvalue weighted by molar-refractivity contribution is -0.121. The van der Waals surface area contributed by atoms with Gasteiger partial charge >= 0.3 is 0 Å². The lowest BCUT2D eigenvalue weighted by Crippen LogP contribution is -2.45. The number of carbonyl (C=O) groups excluding carboxylic acids is 1. The van der Waals surface area contributed by atoms with E-state index in [1.165, 1.54) is 18.2 Å². The molecule has 5 heteroatoms. The van der Waals surface area contributed by atoms with Gasteiger partial charge in [-0.05, 0) is 25.5 Å². The Bertz CT molecular complexity index is 478. The van der Waals surface area contributed by atoms with Crippen LogP contribution in [-0.2, 0) is 11.2 Å². The van der Waals surface area contributed by atoms with E-state index in [9.17, 15) is 9.18 Å². The molecule has 0 fully saturated rings. The van der Waals surface area contributed by atoms with Crippen molar-refractivity contribution in [3.63, 3.8) is 0 Å². The van der Waals surface area contributed by atoms with E-state index in [0.717, 1.165) is 0 Å². The van der Waals surface area contributed by atoms with Gasteiger partial charge in [0.05, 0.1) is 12.5 Å². The number of halogens is 2. The number of nitrogens with one attached hydrogen (secondary N) is 1. The van der Waals surface area contributed by atoms with Gasteiger partial charge in [0.1, 0.15) is 11.4 Å². The molecule has 0 aliphatic rings. The fraction of sp³-hybridized carbons (Fsp3) is 0.385. The van der Waals surface area contributed by atoms with Gasteiger partial charge in [0.25, 0.3) is 0 Å². The highest BCUT2D eigenvalue weighted by molar-refractivity contribution is 6.31. The van der Waals surface area contributed by atoms with E-state index in [-0.39, 0.29) is 17.0 Å². The lowest BCUT2D eigenvalue weighted by Gasteiger charge is -2.21. The molecule has 0 unspecified atom stereocenters. The number of hydrogen-bond donors (Lipinski definition) is 1. The summed E-state index contributed by atoms with van der Waals surface area (Å²) < 4.78 is 13.5. The summed E-state index contributed by atoms with van der Waals surface area (Å²) in [4.78, 5) is 11.8. The molecule has 0 radical (unpaired) electrons. The maximum Gasteiger partial charge on any atom is 0.225 e. The Morgan fingerprint density at radius 3 is 2.78 bits per heavy atom. The third-order valence-electron chi connectivity index (χ3n) is 2.77. The predicted octanol–water partition coefficient (Wildman–Crippen LogP) is 2.83. The van der Waals surface area contributed by atoms with Crippen molar-refractivity contribution in [1.29, 1.82) is 5.26 Å². The zero-order valence-corrected chi connectivity index (χ0v) is 11.0. The minimum absolute atomic E-state index is 0.146. The highest BCUT2D eigenvalue weighted by Gasteiger charge is 2.24. The number of rotatable bonds is 4. The number of benzene rings is 1. The molecule has 0 spiro atoms. The van der Waals surface area contributed by atoms with E-state index < -0.39 is 17.3 Å². The third kappa shape index (κ3) is 3.44. The number of amides is 1. The van der Waals surface area contributed by atoms with Crippen LogP contribution in [0.15, 0.2) is 18.2 Å². The Kier molecular flexibility index (Phi) is 4.69. The Morgan fingerprint density at radius 1 is 1.61 bits per heavy atom. The normalized spacial score (nSPS) is 13.5. The molecule has 1 N–H and O–H groups in total. The second-order valence-corrected chi connectivity index (χ2v) is 4.63. The van der Waals surface area contributed by atoms with Crippen molar-refractivity contribution in [3.05, 3.63) is 34.6 Å². The summed E-state index contributed by atoms with van der Waals surface area (Å²) in [7, 11) is 0. The van der Waals surface area contributed by atoms with Crippen LogP contribution >= 0.6 is 11.6 Å². The second-order valence-electron chi connectivity index (χ2n) is 4.22. The Labute approximate surface area is 111 Å². The van der Waals surface area contributed by atoms with Crippen LogP contribution in [0.25, 0.3) is 0 Å². The zero-order chi connectivity index (χ0) is 13.8. The fourth-order valence-electron chi connectivity index (χ4n) is 1.41. The first-order valence-corrected chi connectivity index (χ1v) is 5.95. The summed E-state index contributed by atoms with van der Waals surface area (Å²) in [5.74, 6) is -0.944. The molecule has 0 aliphatic carbocycles. The first-order chi connectivity index (χ1) is 8.41. The molecule has 1 aromatic carbocycles. The third-order valence-corrected chi connectivity index (χ3v) is 3.12. The van der Waals surface area contributed by atoms with Crippen molar-refractivity contribution in [2.75, 3.05) is 0 Å². The van der Waals surface area contributed by atoms with Crippen molar-refractivity contribution in [3.8, 4) is 6.07 Å². The summed E-state index contributed by atoms with van der Waals surface area (Å²) in [6, 6.07) is 6.26. The molecule has 0 heterocycles. The van der Waals surface area contributed by atoms with Gasteiger partial charge in [-0.1, -0.05) is 24.6 Å². The number of nitriles is 1. The summed E-state index contributed by atoms with van der Waals surface area (Å²) in [5.41, 5.74) is -0.789. The van der Waals surface area contributed by atoms with E-state index in [4.69, 9.17) is 16.9 Å². The highest BCUT2D eigenvalue weighted by Crippen LogP contribution is 2.19. The molecule has 18 heavy (non-hydrogen) atoms. The van der Waals surface area contributed by atoms with Crippen molar-refractivity contribution in [1.82, 2.24) is 5.32 Å². The van der Waals surface area contributed by atoms with Crippen LogP contribution in [0.5, 0.6) is 0 Å². The van der Waals surface area contributed by atoms with Gasteiger partial charge in [0, 0.05) is 10.6 Å². The van der Waals surface area contributed by atoms with E-state index in [0.29, 0.717) is 6.42 Å². The molecular weight excluding hydrogens is 255 g/mol. The molecule has 1 amide bonds. The zero-order valence-electron chi connectivity index (χ0n) is 10.3. The van der Waals surface area contributed by atoms with Gasteiger partial charge in [-0.2, -0.15) is 5.26 Å². The second kappa shape index (κ2) is 5.83. The molecule has 0 saturated heterocycles. The topological polar surface area (TPSA) is 52.9 Å². The first-order valence-electron chi connectivity index (χ1n) is 5.57. The van der Waals surface area contributed by atoms with Crippen LogP contribution in [0, 0.1) is 17.1 Å². The van der Waals surface area contributed by atoms with Gasteiger partial charge < -0.3 is 5.32 Å². The van der Waals surface area contributed by atoms with Gasteiger partial charge in [-0.15, -0.1) is 0 Å². The molecule has 0 bridgehead atoms. The van der Waals surface area contributed by atoms with Gasteiger partial charge in [0.15, 0.2) is 0 Å². The van der Waals surface area contributed by atoms with Crippen LogP contribution in [0.2, 0.25) is 5.02 Å². The molecule has 1 rings (SSSR count). The quantitative estimate of drug-likeness (QED) is 0.913. The van der Waals surface area contributed by atoms with Crippen LogP contribution in [0.4, 0.5) is 4.39 Å². The Morgan fingerprint density at radius 2 is 2.28 bits per heavy atom. The smallest absolute Gasteiger partial charge is 0.225 e. The molecule has 3 nitrogen and oxygen atoms in total. The monoisotopic (exact) mass is 268 g/mol. The maximum absolute atomic E-state index is 13.5. The van der Waals surface area contributed by atoms with Gasteiger partial charge in [-0.25, -0.2) is 4.39 Å². The highest BCUT2D eigenvalue weighted by atomic mass is 35.5. The van der Waals surface area contributed by atoms with Crippen molar-refractivity contribution < 1.29 is 9.18 Å². The number of hydrogen-bond acceptors (Lipinski definition) is 2. The average Bonchev–Trinajstić information content (AvgIpc) is 2.34. The number of carbonyl (C=O) groups is 1. The summed E-state index contributed by atoms with van der Waals surface area (Å²) >= 11 is 5.83. The van der Waals surface area contributed by atoms with Gasteiger partial charge in [0.2, 0.25) is 5.91 Å². The van der Waals surface area contributed by atoms with Crippen molar-refractivity contribution in [2.45, 2.75) is 32.2 Å². The maximum atomic E-state index is 13.5. The van der Waals surface area contributed by atoms with Crippen molar-refractivity contribution in [2.24, 2.45) is 0 Å². The van der Waals surface area contributed by atoms with E-state index in [2.05, 4.69) is 5.32 Å². The predicted molar refractivity (Wildman–Crippen MR) is 67.6 cm³/mol. The molecule has 0 aliphatic heterocycles. The van der Waals surface area contributed by atoms with Crippen LogP contribution in [-0.4, -0.2) is 11.4 Å². The minimum Gasteiger partial charge on any atom is -0.338 e. The average molecular weight is 269 g/mol. The van der Waals surface area contributed by atoms with Crippen LogP contribution in [0.1, 0.15) is 25.8 Å². The van der Waals surface area contributed by atoms with E-state index in [1.807, 2.05) is 6.07 Å². The first kappa shape index (κ1) is 14.5. The van der Waals surface area contributed by atoms with E-state index >= 15 is 0 Å². The minimum atomic E-state index is -0.936. The largest absolute Gasteiger partial charge is 0.338 e. The molecule has 1 atom stereocenters. The Hall–Kier alpha value is -1.60. The van der Waals surface area contributed by atoms with Gasteiger partial charge in [-0.3, -0.25) is 4.79 Å². The fourth-order valence-corrected chi connectivity index (χ4v) is 1.64. The van der Waals surface area contributed by atoms with E-state index in [1.54, 1.807) is 13.8 Å². The molecule has 96 valence electrons. The molecule has 0 saturated carbocycles. The summed E-state index contributed by atoms with van der Waals surface area (Å²) in [6.45, 7) is 3.41. The summed E-state index contributed by atoms with van der Waals surface area (Å²) in [6.07, 6.45) is 0.295. The SMILES string of the molecule is CC[C@@](C)(C#N)NC(=O)Cc1c(F)cccc1Cl. The molecular formula is C13H14ClFN2O. The summed E-state index contributed by atoms with van der Waals surface area (Å²) in [5, 5.41) is 11.7. The van der Waals surface area contributed by atoms with Crippen LogP contribution in [0.3, 0.4) is 0 Å².